The Balaban J connectivity index is 2.45. The van der Waals surface area contributed by atoms with Crippen molar-refractivity contribution in [2.24, 2.45) is 0 Å². The SMILES string of the molecule is CCOc1ccc(S(=O)(=O)Nc2cc(C#N)ccc2O)cc1C(=O)O. The Morgan fingerprint density at radius 3 is 2.60 bits per heavy atom. The molecule has 0 heterocycles. The van der Waals surface area contributed by atoms with Gasteiger partial charge in [-0.05, 0) is 43.3 Å². The molecule has 0 saturated carbocycles. The number of aromatic hydroxyl groups is 1. The number of carbonyl (C=O) groups is 1. The summed E-state index contributed by atoms with van der Waals surface area (Å²) >= 11 is 0. The monoisotopic (exact) mass is 362 g/mol. The van der Waals surface area contributed by atoms with Crippen LogP contribution in [0.3, 0.4) is 0 Å². The Labute approximate surface area is 144 Å². The number of hydrogen-bond donors (Lipinski definition) is 3. The van der Waals surface area contributed by atoms with Gasteiger partial charge in [0.15, 0.2) is 0 Å². The Morgan fingerprint density at radius 2 is 2.00 bits per heavy atom. The first-order chi connectivity index (χ1) is 11.8. The molecule has 8 nitrogen and oxygen atoms in total. The van der Waals surface area contributed by atoms with E-state index in [1.807, 2.05) is 6.07 Å². The van der Waals surface area contributed by atoms with Gasteiger partial charge in [-0.15, -0.1) is 0 Å². The summed E-state index contributed by atoms with van der Waals surface area (Å²) in [6.45, 7) is 1.89. The molecule has 0 aliphatic carbocycles. The normalized spacial score (nSPS) is 10.7. The molecule has 2 aromatic carbocycles. The third kappa shape index (κ3) is 3.99. The fraction of sp³-hybridized carbons (Fsp3) is 0.125. The van der Waals surface area contributed by atoms with E-state index in [0.717, 1.165) is 6.07 Å². The number of carboxylic acid groups (broad SMARTS) is 1. The summed E-state index contributed by atoms with van der Waals surface area (Å²) in [4.78, 5) is 11.0. The zero-order valence-corrected chi connectivity index (χ0v) is 13.9. The number of nitrogens with one attached hydrogen (secondary N) is 1. The van der Waals surface area contributed by atoms with E-state index in [-0.39, 0.29) is 39.8 Å². The number of phenols is 1. The summed E-state index contributed by atoms with van der Waals surface area (Å²) in [6, 6.07) is 8.88. The summed E-state index contributed by atoms with van der Waals surface area (Å²) < 4.78 is 32.2. The highest BCUT2D eigenvalue weighted by Gasteiger charge is 2.21. The second-order valence-corrected chi connectivity index (χ2v) is 6.53. The largest absolute Gasteiger partial charge is 0.506 e. The van der Waals surface area contributed by atoms with Crippen molar-refractivity contribution in [2.45, 2.75) is 11.8 Å². The lowest BCUT2D eigenvalue weighted by Crippen LogP contribution is -2.14. The first-order valence-electron chi connectivity index (χ1n) is 7.04. The van der Waals surface area contributed by atoms with Crippen LogP contribution in [0, 0.1) is 11.3 Å². The molecule has 0 aliphatic rings. The number of anilines is 1. The van der Waals surface area contributed by atoms with Gasteiger partial charge in [-0.25, -0.2) is 13.2 Å². The van der Waals surface area contributed by atoms with Gasteiger partial charge in [0.05, 0.1) is 28.8 Å². The van der Waals surface area contributed by atoms with Crippen LogP contribution in [-0.4, -0.2) is 31.2 Å². The minimum atomic E-state index is -4.19. The van der Waals surface area contributed by atoms with Crippen molar-refractivity contribution in [1.82, 2.24) is 0 Å². The van der Waals surface area contributed by atoms with Gasteiger partial charge >= 0.3 is 5.97 Å². The number of phenolic OH excluding ortho intramolecular Hbond substituents is 1. The molecule has 0 spiro atoms. The minimum absolute atomic E-state index is 0.0447. The molecular weight excluding hydrogens is 348 g/mol. The molecule has 3 N–H and O–H groups in total. The number of ether oxygens (including phenoxy) is 1. The average molecular weight is 362 g/mol. The van der Waals surface area contributed by atoms with Crippen LogP contribution in [0.25, 0.3) is 0 Å². The van der Waals surface area contributed by atoms with Gasteiger partial charge in [-0.2, -0.15) is 5.26 Å². The maximum Gasteiger partial charge on any atom is 0.339 e. The van der Waals surface area contributed by atoms with Gasteiger partial charge in [0.2, 0.25) is 0 Å². The van der Waals surface area contributed by atoms with E-state index >= 15 is 0 Å². The summed E-state index contributed by atoms with van der Waals surface area (Å²) in [7, 11) is -4.19. The maximum atomic E-state index is 12.5. The Morgan fingerprint density at radius 1 is 1.28 bits per heavy atom. The Kier molecular flexibility index (Phi) is 5.14. The number of carboxylic acids is 1. The van der Waals surface area contributed by atoms with Crippen LogP contribution < -0.4 is 9.46 Å². The maximum absolute atomic E-state index is 12.5. The van der Waals surface area contributed by atoms with Gasteiger partial charge in [0.1, 0.15) is 17.1 Å². The predicted molar refractivity (Wildman–Crippen MR) is 88.2 cm³/mol. The third-order valence-electron chi connectivity index (χ3n) is 3.16. The van der Waals surface area contributed by atoms with Crippen LogP contribution >= 0.6 is 0 Å². The van der Waals surface area contributed by atoms with Crippen molar-refractivity contribution in [3.63, 3.8) is 0 Å². The standard InChI is InChI=1S/C16H14N2O6S/c1-2-24-15-6-4-11(8-12(15)16(20)21)25(22,23)18-13-7-10(9-17)3-5-14(13)19/h3-8,18-19H,2H2,1H3,(H,20,21). The van der Waals surface area contributed by atoms with Crippen LogP contribution in [0.5, 0.6) is 11.5 Å². The molecule has 0 saturated heterocycles. The topological polar surface area (TPSA) is 137 Å². The first-order valence-corrected chi connectivity index (χ1v) is 8.53. The van der Waals surface area contributed by atoms with Gasteiger partial charge in [-0.3, -0.25) is 4.72 Å². The molecule has 0 aliphatic heterocycles. The van der Waals surface area contributed by atoms with Crippen molar-refractivity contribution in [3.8, 4) is 17.6 Å². The summed E-state index contributed by atoms with van der Waals surface area (Å²) in [6.07, 6.45) is 0. The molecule has 2 aromatic rings. The molecule has 0 aromatic heterocycles. The number of nitrogens with zero attached hydrogens (tertiary/aromatic N) is 1. The van der Waals surface area contributed by atoms with Crippen LogP contribution in [0.15, 0.2) is 41.3 Å². The second kappa shape index (κ2) is 7.11. The summed E-state index contributed by atoms with van der Waals surface area (Å²) in [5.41, 5.74) is -0.349. The van der Waals surface area contributed by atoms with E-state index < -0.39 is 16.0 Å². The molecule has 130 valence electrons. The van der Waals surface area contributed by atoms with Crippen molar-refractivity contribution >= 4 is 21.7 Å². The van der Waals surface area contributed by atoms with Gasteiger partial charge in [0, 0.05) is 0 Å². The zero-order valence-electron chi connectivity index (χ0n) is 13.1. The van der Waals surface area contributed by atoms with E-state index in [1.165, 1.54) is 30.3 Å². The van der Waals surface area contributed by atoms with Crippen molar-refractivity contribution in [2.75, 3.05) is 11.3 Å². The van der Waals surface area contributed by atoms with Crippen LogP contribution in [-0.2, 0) is 10.0 Å². The Bertz CT molecular complexity index is 963. The summed E-state index contributed by atoms with van der Waals surface area (Å²) in [5.74, 6) is -1.66. The van der Waals surface area contributed by atoms with Crippen LogP contribution in [0.2, 0.25) is 0 Å². The lowest BCUT2D eigenvalue weighted by molar-refractivity contribution is 0.0692. The highest BCUT2D eigenvalue weighted by atomic mass is 32.2. The first kappa shape index (κ1) is 18.1. The highest BCUT2D eigenvalue weighted by Crippen LogP contribution is 2.28. The molecule has 0 amide bonds. The Hall–Kier alpha value is -3.25. The molecule has 0 bridgehead atoms. The van der Waals surface area contributed by atoms with Gasteiger partial charge < -0.3 is 14.9 Å². The molecule has 25 heavy (non-hydrogen) atoms. The number of rotatable bonds is 6. The van der Waals surface area contributed by atoms with Crippen LogP contribution in [0.4, 0.5) is 5.69 Å². The molecular formula is C16H14N2O6S. The molecule has 0 unspecified atom stereocenters. The van der Waals surface area contributed by atoms with E-state index in [0.29, 0.717) is 0 Å². The van der Waals surface area contributed by atoms with Crippen molar-refractivity contribution in [3.05, 3.63) is 47.5 Å². The third-order valence-corrected chi connectivity index (χ3v) is 4.52. The lowest BCUT2D eigenvalue weighted by Gasteiger charge is -2.12. The van der Waals surface area contributed by atoms with Gasteiger partial charge in [0.25, 0.3) is 10.0 Å². The van der Waals surface area contributed by atoms with Crippen LogP contribution in [0.1, 0.15) is 22.8 Å². The van der Waals surface area contributed by atoms with E-state index in [9.17, 15) is 23.4 Å². The number of nitriles is 1. The van der Waals surface area contributed by atoms with E-state index in [4.69, 9.17) is 10.00 Å². The molecule has 0 fully saturated rings. The van der Waals surface area contributed by atoms with E-state index in [1.54, 1.807) is 6.92 Å². The minimum Gasteiger partial charge on any atom is -0.506 e. The number of aromatic carboxylic acids is 1. The molecule has 9 heteroatoms. The lowest BCUT2D eigenvalue weighted by atomic mass is 10.2. The molecule has 0 radical (unpaired) electrons. The molecule has 2 rings (SSSR count). The number of benzene rings is 2. The fourth-order valence-corrected chi connectivity index (χ4v) is 3.11. The highest BCUT2D eigenvalue weighted by molar-refractivity contribution is 7.92. The van der Waals surface area contributed by atoms with Gasteiger partial charge in [-0.1, -0.05) is 0 Å². The smallest absolute Gasteiger partial charge is 0.339 e. The molecule has 0 atom stereocenters. The second-order valence-electron chi connectivity index (χ2n) is 4.85. The number of hydrogen-bond acceptors (Lipinski definition) is 6. The number of sulfonamides is 1. The fourth-order valence-electron chi connectivity index (χ4n) is 2.02. The average Bonchev–Trinajstić information content (AvgIpc) is 2.57. The van der Waals surface area contributed by atoms with Crippen molar-refractivity contribution in [1.29, 1.82) is 5.26 Å². The quantitative estimate of drug-likeness (QED) is 0.670. The van der Waals surface area contributed by atoms with Crippen molar-refractivity contribution < 1.29 is 28.2 Å². The zero-order chi connectivity index (χ0) is 18.6. The summed E-state index contributed by atoms with van der Waals surface area (Å²) in [5, 5.41) is 27.8. The predicted octanol–water partition coefficient (Wildman–Crippen LogP) is 2.16. The van der Waals surface area contributed by atoms with E-state index in [2.05, 4.69) is 4.72 Å².